The van der Waals surface area contributed by atoms with Gasteiger partial charge >= 0.3 is 0 Å². The fourth-order valence-corrected chi connectivity index (χ4v) is 8.65. The Balaban J connectivity index is 2.17. The van der Waals surface area contributed by atoms with E-state index in [0.717, 1.165) is 24.9 Å². The van der Waals surface area contributed by atoms with Crippen LogP contribution in [0.2, 0.25) is 0 Å². The summed E-state index contributed by atoms with van der Waals surface area (Å²) in [5.41, 5.74) is 2.39. The Morgan fingerprint density at radius 2 is 1.65 bits per heavy atom. The third kappa shape index (κ3) is 5.07. The van der Waals surface area contributed by atoms with Crippen LogP contribution in [-0.4, -0.2) is 16.8 Å². The molecule has 0 bridgehead atoms. The Morgan fingerprint density at radius 1 is 1.04 bits per heavy atom. The van der Waals surface area contributed by atoms with Crippen molar-refractivity contribution in [3.8, 4) is 16.9 Å². The maximum atomic E-state index is 6.25. The van der Waals surface area contributed by atoms with E-state index < -0.39 is 6.42 Å². The number of nitrogens with zero attached hydrogens (tertiary/aromatic N) is 1. The molecule has 2 aromatic rings. The van der Waals surface area contributed by atoms with Gasteiger partial charge in [-0.05, 0) is 41.5 Å². The second-order valence-electron chi connectivity index (χ2n) is 5.08. The van der Waals surface area contributed by atoms with Crippen LogP contribution < -0.4 is 4.52 Å². The normalized spacial score (nSPS) is 13.7. The molecule has 2 nitrogen and oxygen atoms in total. The second-order valence-corrected chi connectivity index (χ2v) is 11.1. The second kappa shape index (κ2) is 9.24. The fraction of sp³-hybridized carbons (Fsp3) is 0.294. The van der Waals surface area contributed by atoms with Gasteiger partial charge in [-0.15, -0.1) is 0 Å². The Kier molecular flexibility index (Phi) is 7.64. The topological polar surface area (TPSA) is 12.5 Å². The van der Waals surface area contributed by atoms with Crippen molar-refractivity contribution in [3.05, 3.63) is 54.6 Å². The molecular weight excluding hydrogens is 409 g/mol. The molecule has 0 saturated heterocycles. The summed E-state index contributed by atoms with van der Waals surface area (Å²) in [5.74, 6) is 0.845. The van der Waals surface area contributed by atoms with E-state index in [1.165, 1.54) is 21.5 Å². The molecule has 0 heterocycles. The molecule has 0 amide bonds. The van der Waals surface area contributed by atoms with E-state index in [1.54, 1.807) is 0 Å². The maximum absolute atomic E-state index is 6.25. The average Bonchev–Trinajstić information content (AvgIpc) is 2.61. The first kappa shape index (κ1) is 19.0. The quantitative estimate of drug-likeness (QED) is 0.340. The van der Waals surface area contributed by atoms with Gasteiger partial charge in [-0.1, -0.05) is 56.3 Å². The van der Waals surface area contributed by atoms with E-state index in [-0.39, 0.29) is 0 Å². The Hall–Kier alpha value is -0.320. The van der Waals surface area contributed by atoms with Crippen LogP contribution in [0.4, 0.5) is 0 Å². The summed E-state index contributed by atoms with van der Waals surface area (Å²) in [6.07, 6.45) is -0.170. The zero-order valence-corrected chi connectivity index (χ0v) is 17.4. The lowest BCUT2D eigenvalue weighted by atomic mass is 10.1. The van der Waals surface area contributed by atoms with Crippen molar-refractivity contribution in [2.75, 3.05) is 12.7 Å². The lowest BCUT2D eigenvalue weighted by Gasteiger charge is -2.31. The van der Waals surface area contributed by atoms with Crippen molar-refractivity contribution in [2.24, 2.45) is 0 Å². The molecule has 0 aliphatic heterocycles. The van der Waals surface area contributed by atoms with Crippen LogP contribution in [0.25, 0.3) is 11.1 Å². The summed E-state index contributed by atoms with van der Waals surface area (Å²) in [6.45, 7) is 5.17. The van der Waals surface area contributed by atoms with Crippen molar-refractivity contribution >= 4 is 43.4 Å². The third-order valence-electron chi connectivity index (χ3n) is 3.44. The van der Waals surface area contributed by atoms with Gasteiger partial charge in [0.1, 0.15) is 5.75 Å². The van der Waals surface area contributed by atoms with Crippen molar-refractivity contribution in [3.63, 3.8) is 0 Å². The molecule has 0 radical (unpaired) electrons. The van der Waals surface area contributed by atoms with Crippen molar-refractivity contribution in [1.82, 2.24) is 4.08 Å². The Labute approximate surface area is 156 Å². The minimum atomic E-state index is -2.05. The Morgan fingerprint density at radius 3 is 2.17 bits per heavy atom. The van der Waals surface area contributed by atoms with Crippen molar-refractivity contribution < 1.29 is 4.52 Å². The molecule has 6 heteroatoms. The first-order valence-electron chi connectivity index (χ1n) is 7.63. The van der Waals surface area contributed by atoms with Gasteiger partial charge in [-0.3, -0.25) is 0 Å². The summed E-state index contributed by atoms with van der Waals surface area (Å²) in [6, 6.07) is 18.5. The summed E-state index contributed by atoms with van der Waals surface area (Å²) in [5, 5.41) is 0. The van der Waals surface area contributed by atoms with Gasteiger partial charge in [0.15, 0.2) is 6.42 Å². The van der Waals surface area contributed by atoms with E-state index >= 15 is 0 Å². The molecule has 2 rings (SSSR count). The molecule has 0 aromatic heterocycles. The predicted molar refractivity (Wildman–Crippen MR) is 111 cm³/mol. The highest BCUT2D eigenvalue weighted by Crippen LogP contribution is 2.55. The van der Waals surface area contributed by atoms with Gasteiger partial charge in [0, 0.05) is 37.9 Å². The number of rotatable bonds is 8. The summed E-state index contributed by atoms with van der Waals surface area (Å²) < 4.78 is 8.42. The summed E-state index contributed by atoms with van der Waals surface area (Å²) >= 11 is 9.33. The molecule has 2 aromatic carbocycles. The molecule has 1 unspecified atom stereocenters. The highest BCUT2D eigenvalue weighted by molar-refractivity contribution is 9.50. The van der Waals surface area contributed by atoms with Gasteiger partial charge < -0.3 is 4.52 Å². The van der Waals surface area contributed by atoms with E-state index in [0.29, 0.717) is 0 Å². The number of hydrogen-bond donors (Lipinski definition) is 0. The highest BCUT2D eigenvalue weighted by Gasteiger charge is 2.26. The first-order valence-corrected chi connectivity index (χ1v) is 13.1. The van der Waals surface area contributed by atoms with Crippen LogP contribution >= 0.6 is 31.6 Å². The zero-order valence-electron chi connectivity index (χ0n) is 13.3. The molecule has 0 aliphatic carbocycles. The largest absolute Gasteiger partial charge is 0.452 e. The van der Waals surface area contributed by atoms with E-state index in [4.69, 9.17) is 16.3 Å². The van der Waals surface area contributed by atoms with Gasteiger partial charge in [0.05, 0.1) is 0 Å². The standard InChI is InChI=1S/C17H21BrNOPS2/c1-3-14-19(23-18)21(22,4-2)20-17-12-10-16(11-13-17)15-8-6-5-7-9-15/h5-13H,3-4,14H2,1-2H3. The van der Waals surface area contributed by atoms with E-state index in [2.05, 4.69) is 57.0 Å². The van der Waals surface area contributed by atoms with Gasteiger partial charge in [-0.2, -0.15) is 4.08 Å². The molecule has 124 valence electrons. The lowest BCUT2D eigenvalue weighted by Crippen LogP contribution is -2.16. The molecule has 0 N–H and O–H groups in total. The van der Waals surface area contributed by atoms with Crippen LogP contribution in [0, 0.1) is 0 Å². The molecule has 0 saturated carbocycles. The SMILES string of the molecule is CCCN(SBr)P(=S)(CC)Oc1ccc(-c2ccccc2)cc1. The van der Waals surface area contributed by atoms with Crippen molar-refractivity contribution in [2.45, 2.75) is 20.3 Å². The molecule has 1 atom stereocenters. The monoisotopic (exact) mass is 429 g/mol. The highest BCUT2D eigenvalue weighted by atomic mass is 79.9. The van der Waals surface area contributed by atoms with Gasteiger partial charge in [0.2, 0.25) is 0 Å². The van der Waals surface area contributed by atoms with Crippen LogP contribution in [0.3, 0.4) is 0 Å². The minimum Gasteiger partial charge on any atom is -0.452 e. The zero-order chi connectivity index (χ0) is 16.7. The van der Waals surface area contributed by atoms with Crippen LogP contribution in [0.5, 0.6) is 5.75 Å². The third-order valence-corrected chi connectivity index (χ3v) is 10.6. The molecule has 0 spiro atoms. The predicted octanol–water partition coefficient (Wildman–Crippen LogP) is 6.73. The summed E-state index contributed by atoms with van der Waals surface area (Å²) in [7, 11) is 1.51. The van der Waals surface area contributed by atoms with Gasteiger partial charge in [-0.25, -0.2) is 0 Å². The molecule has 23 heavy (non-hydrogen) atoms. The van der Waals surface area contributed by atoms with Crippen LogP contribution in [0.1, 0.15) is 20.3 Å². The lowest BCUT2D eigenvalue weighted by molar-refractivity contribution is 0.549. The van der Waals surface area contributed by atoms with Gasteiger partial charge in [0.25, 0.3) is 0 Å². The molecule has 0 aliphatic rings. The smallest absolute Gasteiger partial charge is 0.190 e. The fourth-order valence-electron chi connectivity index (χ4n) is 2.20. The minimum absolute atomic E-state index is 0.835. The van der Waals surface area contributed by atoms with Crippen LogP contribution in [-0.2, 0) is 11.8 Å². The summed E-state index contributed by atoms with van der Waals surface area (Å²) in [4.78, 5) is 0. The molecular formula is C17H21BrNOPS2. The first-order chi connectivity index (χ1) is 11.1. The number of hydrogen-bond acceptors (Lipinski definition) is 3. The van der Waals surface area contributed by atoms with E-state index in [1.807, 2.05) is 30.3 Å². The molecule has 0 fully saturated rings. The van der Waals surface area contributed by atoms with E-state index in [9.17, 15) is 0 Å². The van der Waals surface area contributed by atoms with Crippen LogP contribution in [0.15, 0.2) is 54.6 Å². The Bertz CT molecular complexity index is 651. The maximum Gasteiger partial charge on any atom is 0.190 e. The number of halogens is 1. The average molecular weight is 430 g/mol. The number of benzene rings is 2. The van der Waals surface area contributed by atoms with Crippen molar-refractivity contribution in [1.29, 1.82) is 0 Å².